The van der Waals surface area contributed by atoms with Gasteiger partial charge in [0.15, 0.2) is 10.9 Å². The molecule has 0 spiro atoms. The van der Waals surface area contributed by atoms with Crippen molar-refractivity contribution in [2.45, 2.75) is 31.3 Å². The molecule has 4 heteroatoms. The molecule has 0 aliphatic rings. The second kappa shape index (κ2) is 7.69. The minimum Gasteiger partial charge on any atom is -0.445 e. The molecular formula is C15H19NO2S. The van der Waals surface area contributed by atoms with Crippen LogP contribution in [0, 0.1) is 0 Å². The van der Waals surface area contributed by atoms with Gasteiger partial charge in [0, 0.05) is 5.70 Å². The van der Waals surface area contributed by atoms with Crippen molar-refractivity contribution >= 4 is 18.5 Å². The molecule has 1 heterocycles. The zero-order valence-corrected chi connectivity index (χ0v) is 12.0. The smallest absolute Gasteiger partial charge is 0.291 e. The second-order valence-electron chi connectivity index (χ2n) is 4.21. The van der Waals surface area contributed by atoms with Crippen molar-refractivity contribution in [1.82, 2.24) is 5.32 Å². The molecule has 0 aliphatic carbocycles. The SMILES string of the molecule is C=C(/C=C\C(=C)NC(=O)c1ccc(S)o1)CCCC. The van der Waals surface area contributed by atoms with Gasteiger partial charge >= 0.3 is 0 Å². The third-order valence-corrected chi connectivity index (χ3v) is 2.70. The number of thiol groups is 1. The second-order valence-corrected chi connectivity index (χ2v) is 4.65. The molecule has 1 rings (SSSR count). The number of furan rings is 1. The van der Waals surface area contributed by atoms with Crippen LogP contribution in [0.3, 0.4) is 0 Å². The first-order chi connectivity index (χ1) is 9.02. The molecule has 1 aromatic rings. The van der Waals surface area contributed by atoms with Crippen LogP contribution in [0.5, 0.6) is 0 Å². The summed E-state index contributed by atoms with van der Waals surface area (Å²) in [6, 6.07) is 3.18. The average Bonchev–Trinajstić information content (AvgIpc) is 2.80. The lowest BCUT2D eigenvalue weighted by Gasteiger charge is -2.02. The summed E-state index contributed by atoms with van der Waals surface area (Å²) in [4.78, 5) is 11.7. The Morgan fingerprint density at radius 2 is 2.16 bits per heavy atom. The average molecular weight is 277 g/mol. The molecule has 0 bridgehead atoms. The van der Waals surface area contributed by atoms with E-state index in [1.165, 1.54) is 0 Å². The molecule has 1 aromatic heterocycles. The number of amides is 1. The van der Waals surface area contributed by atoms with E-state index in [-0.39, 0.29) is 11.7 Å². The summed E-state index contributed by atoms with van der Waals surface area (Å²) >= 11 is 4.00. The molecule has 0 atom stereocenters. The minimum absolute atomic E-state index is 0.212. The summed E-state index contributed by atoms with van der Waals surface area (Å²) in [6.07, 6.45) is 6.80. The Bertz CT molecular complexity index is 500. The van der Waals surface area contributed by atoms with E-state index in [0.29, 0.717) is 10.8 Å². The Morgan fingerprint density at radius 1 is 1.42 bits per heavy atom. The normalized spacial score (nSPS) is 10.6. The van der Waals surface area contributed by atoms with Gasteiger partial charge in [0.25, 0.3) is 5.91 Å². The quantitative estimate of drug-likeness (QED) is 0.581. The first kappa shape index (κ1) is 15.4. The number of carbonyl (C=O) groups excluding carboxylic acids is 1. The zero-order chi connectivity index (χ0) is 14.3. The number of carbonyl (C=O) groups is 1. The van der Waals surface area contributed by atoms with E-state index >= 15 is 0 Å². The van der Waals surface area contributed by atoms with Gasteiger partial charge < -0.3 is 9.73 Å². The van der Waals surface area contributed by atoms with Gasteiger partial charge in [0.05, 0.1) is 0 Å². The highest BCUT2D eigenvalue weighted by atomic mass is 32.1. The highest BCUT2D eigenvalue weighted by Crippen LogP contribution is 2.12. The molecule has 0 aliphatic heterocycles. The molecule has 0 aromatic carbocycles. The largest absolute Gasteiger partial charge is 0.445 e. The molecule has 19 heavy (non-hydrogen) atoms. The van der Waals surface area contributed by atoms with Crippen LogP contribution in [-0.2, 0) is 0 Å². The monoisotopic (exact) mass is 277 g/mol. The summed E-state index contributed by atoms with van der Waals surface area (Å²) in [7, 11) is 0. The zero-order valence-electron chi connectivity index (χ0n) is 11.1. The number of unbranched alkanes of at least 4 members (excludes halogenated alkanes) is 1. The van der Waals surface area contributed by atoms with E-state index in [1.807, 2.05) is 6.08 Å². The fourth-order valence-electron chi connectivity index (χ4n) is 1.40. The van der Waals surface area contributed by atoms with Gasteiger partial charge in [0.2, 0.25) is 0 Å². The molecule has 0 radical (unpaired) electrons. The van der Waals surface area contributed by atoms with Gasteiger partial charge in [-0.25, -0.2) is 0 Å². The first-order valence-corrected chi connectivity index (χ1v) is 6.62. The van der Waals surface area contributed by atoms with E-state index < -0.39 is 0 Å². The van der Waals surface area contributed by atoms with E-state index in [1.54, 1.807) is 18.2 Å². The number of nitrogens with one attached hydrogen (secondary N) is 1. The Kier molecular flexibility index (Phi) is 6.22. The third kappa shape index (κ3) is 5.66. The predicted octanol–water partition coefficient (Wildman–Crippen LogP) is 4.11. The fraction of sp³-hybridized carbons (Fsp3) is 0.267. The van der Waals surface area contributed by atoms with Crippen LogP contribution in [0.15, 0.2) is 58.2 Å². The van der Waals surface area contributed by atoms with Crippen LogP contribution < -0.4 is 5.32 Å². The van der Waals surface area contributed by atoms with Crippen LogP contribution in [0.4, 0.5) is 0 Å². The molecule has 0 fully saturated rings. The molecule has 1 N–H and O–H groups in total. The van der Waals surface area contributed by atoms with Gasteiger partial charge in [-0.05, 0) is 31.1 Å². The number of hydrogen-bond donors (Lipinski definition) is 2. The van der Waals surface area contributed by atoms with Crippen molar-refractivity contribution in [3.05, 3.63) is 54.5 Å². The summed E-state index contributed by atoms with van der Waals surface area (Å²) in [5.74, 6) is -0.126. The lowest BCUT2D eigenvalue weighted by Crippen LogP contribution is -2.20. The highest BCUT2D eigenvalue weighted by molar-refractivity contribution is 7.80. The molecule has 0 saturated carbocycles. The predicted molar refractivity (Wildman–Crippen MR) is 80.4 cm³/mol. The summed E-state index contributed by atoms with van der Waals surface area (Å²) in [6.45, 7) is 9.83. The van der Waals surface area contributed by atoms with Crippen molar-refractivity contribution in [2.75, 3.05) is 0 Å². The van der Waals surface area contributed by atoms with E-state index in [2.05, 4.69) is 38.0 Å². The standard InChI is InChI=1S/C15H19NO2S/c1-4-5-6-11(2)7-8-12(3)16-15(17)13-9-10-14(19)18-13/h7-10,19H,2-6H2,1H3,(H,16,17)/b8-7-. The number of hydrogen-bond acceptors (Lipinski definition) is 3. The minimum atomic E-state index is -0.339. The maximum Gasteiger partial charge on any atom is 0.291 e. The molecule has 1 amide bonds. The Hall–Kier alpha value is -1.68. The van der Waals surface area contributed by atoms with Crippen molar-refractivity contribution < 1.29 is 9.21 Å². The van der Waals surface area contributed by atoms with E-state index in [0.717, 1.165) is 24.8 Å². The Labute approximate surface area is 119 Å². The molecule has 0 unspecified atom stereocenters. The first-order valence-electron chi connectivity index (χ1n) is 6.18. The highest BCUT2D eigenvalue weighted by Gasteiger charge is 2.09. The van der Waals surface area contributed by atoms with Gasteiger partial charge in [-0.15, -0.1) is 12.6 Å². The van der Waals surface area contributed by atoms with Crippen molar-refractivity contribution in [2.24, 2.45) is 0 Å². The summed E-state index contributed by atoms with van der Waals surface area (Å²) in [5, 5.41) is 3.03. The molecule has 3 nitrogen and oxygen atoms in total. The summed E-state index contributed by atoms with van der Waals surface area (Å²) in [5.41, 5.74) is 1.52. The van der Waals surface area contributed by atoms with Crippen molar-refractivity contribution in [3.8, 4) is 0 Å². The molecule has 0 saturated heterocycles. The van der Waals surface area contributed by atoms with Crippen LogP contribution in [0.1, 0.15) is 36.7 Å². The number of allylic oxidation sites excluding steroid dienone is 3. The maximum absolute atomic E-state index is 11.7. The Morgan fingerprint density at radius 3 is 2.74 bits per heavy atom. The maximum atomic E-state index is 11.7. The fourth-order valence-corrected chi connectivity index (χ4v) is 1.58. The van der Waals surface area contributed by atoms with Crippen LogP contribution >= 0.6 is 12.6 Å². The van der Waals surface area contributed by atoms with Gasteiger partial charge in [-0.1, -0.05) is 38.2 Å². The molecule has 102 valence electrons. The summed E-state index contributed by atoms with van der Waals surface area (Å²) < 4.78 is 5.09. The van der Waals surface area contributed by atoms with Crippen molar-refractivity contribution in [1.29, 1.82) is 0 Å². The Balaban J connectivity index is 2.45. The lowest BCUT2D eigenvalue weighted by atomic mass is 10.1. The number of rotatable bonds is 7. The lowest BCUT2D eigenvalue weighted by molar-refractivity contribution is 0.0935. The van der Waals surface area contributed by atoms with Gasteiger partial charge in [-0.3, -0.25) is 4.79 Å². The van der Waals surface area contributed by atoms with E-state index in [4.69, 9.17) is 4.42 Å². The van der Waals surface area contributed by atoms with Gasteiger partial charge in [-0.2, -0.15) is 0 Å². The van der Waals surface area contributed by atoms with E-state index in [9.17, 15) is 4.79 Å². The van der Waals surface area contributed by atoms with Crippen LogP contribution in [0.2, 0.25) is 0 Å². The third-order valence-electron chi connectivity index (χ3n) is 2.46. The van der Waals surface area contributed by atoms with Gasteiger partial charge in [0.1, 0.15) is 0 Å². The van der Waals surface area contributed by atoms with Crippen LogP contribution in [-0.4, -0.2) is 5.91 Å². The molecular weight excluding hydrogens is 258 g/mol. The van der Waals surface area contributed by atoms with Crippen molar-refractivity contribution in [3.63, 3.8) is 0 Å². The van der Waals surface area contributed by atoms with Crippen LogP contribution in [0.25, 0.3) is 0 Å². The topological polar surface area (TPSA) is 42.2 Å².